The first kappa shape index (κ1) is 10.2. The molecule has 1 saturated heterocycles. The van der Waals surface area contributed by atoms with Crippen LogP contribution in [0.4, 0.5) is 5.69 Å². The van der Waals surface area contributed by atoms with E-state index in [1.54, 1.807) is 6.92 Å². The van der Waals surface area contributed by atoms with Crippen molar-refractivity contribution in [3.63, 3.8) is 0 Å². The van der Waals surface area contributed by atoms with Crippen LogP contribution in [-0.4, -0.2) is 24.9 Å². The molecular formula is C12H16N2O. The Hall–Kier alpha value is -1.35. The summed E-state index contributed by atoms with van der Waals surface area (Å²) in [5.41, 5.74) is 1.86. The fourth-order valence-electron chi connectivity index (χ4n) is 1.81. The molecule has 0 aliphatic carbocycles. The zero-order chi connectivity index (χ0) is 10.7. The van der Waals surface area contributed by atoms with Gasteiger partial charge in [-0.1, -0.05) is 0 Å². The highest BCUT2D eigenvalue weighted by Gasteiger charge is 2.13. The van der Waals surface area contributed by atoms with Crippen molar-refractivity contribution in [3.8, 4) is 0 Å². The van der Waals surface area contributed by atoms with E-state index >= 15 is 0 Å². The minimum Gasteiger partial charge on any atom is -0.381 e. The van der Waals surface area contributed by atoms with E-state index in [-0.39, 0.29) is 5.78 Å². The van der Waals surface area contributed by atoms with Crippen LogP contribution in [0, 0.1) is 0 Å². The topological polar surface area (TPSA) is 41.1 Å². The Bertz CT molecular complexity index is 339. The summed E-state index contributed by atoms with van der Waals surface area (Å²) < 4.78 is 0. The second-order valence-electron chi connectivity index (χ2n) is 3.97. The molecule has 1 aromatic carbocycles. The highest BCUT2D eigenvalue weighted by molar-refractivity contribution is 5.94. The van der Waals surface area contributed by atoms with E-state index in [1.165, 1.54) is 0 Å². The van der Waals surface area contributed by atoms with Gasteiger partial charge in [0.15, 0.2) is 5.78 Å². The highest BCUT2D eigenvalue weighted by Crippen LogP contribution is 2.13. The summed E-state index contributed by atoms with van der Waals surface area (Å²) in [7, 11) is 0. The lowest BCUT2D eigenvalue weighted by Crippen LogP contribution is -2.21. The van der Waals surface area contributed by atoms with E-state index in [0.29, 0.717) is 6.04 Å². The van der Waals surface area contributed by atoms with Crippen LogP contribution in [0.25, 0.3) is 0 Å². The summed E-state index contributed by atoms with van der Waals surface area (Å²) >= 11 is 0. The smallest absolute Gasteiger partial charge is 0.159 e. The van der Waals surface area contributed by atoms with Gasteiger partial charge in [0.05, 0.1) is 0 Å². The lowest BCUT2D eigenvalue weighted by molar-refractivity contribution is 0.101. The second kappa shape index (κ2) is 4.45. The summed E-state index contributed by atoms with van der Waals surface area (Å²) in [5.74, 6) is 0.115. The van der Waals surface area contributed by atoms with Crippen molar-refractivity contribution < 1.29 is 4.79 Å². The number of Topliss-reactive ketones (excluding diaryl/α,β-unsaturated/α-hetero) is 1. The SMILES string of the molecule is CC(=O)c1ccc(NC2CCNC2)cc1. The third kappa shape index (κ3) is 2.57. The Balaban J connectivity index is 2.00. The predicted molar refractivity (Wildman–Crippen MR) is 61.3 cm³/mol. The van der Waals surface area contributed by atoms with Gasteiger partial charge in [0.2, 0.25) is 0 Å². The maximum atomic E-state index is 11.1. The largest absolute Gasteiger partial charge is 0.381 e. The summed E-state index contributed by atoms with van der Waals surface area (Å²) in [6.07, 6.45) is 1.16. The number of ketones is 1. The van der Waals surface area contributed by atoms with Gasteiger partial charge in [0, 0.05) is 23.8 Å². The third-order valence-corrected chi connectivity index (χ3v) is 2.72. The standard InChI is InChI=1S/C12H16N2O/c1-9(15)10-2-4-11(5-3-10)14-12-6-7-13-8-12/h2-5,12-14H,6-8H2,1H3. The van der Waals surface area contributed by atoms with Gasteiger partial charge < -0.3 is 10.6 Å². The molecule has 0 spiro atoms. The Morgan fingerprint density at radius 1 is 1.40 bits per heavy atom. The zero-order valence-corrected chi connectivity index (χ0v) is 8.92. The number of anilines is 1. The number of hydrogen-bond donors (Lipinski definition) is 2. The van der Waals surface area contributed by atoms with Crippen molar-refractivity contribution in [2.75, 3.05) is 18.4 Å². The quantitative estimate of drug-likeness (QED) is 0.736. The average Bonchev–Trinajstić information content (AvgIpc) is 2.71. The number of benzene rings is 1. The number of nitrogens with one attached hydrogen (secondary N) is 2. The number of rotatable bonds is 3. The first-order valence-corrected chi connectivity index (χ1v) is 5.34. The monoisotopic (exact) mass is 204 g/mol. The zero-order valence-electron chi connectivity index (χ0n) is 8.92. The van der Waals surface area contributed by atoms with E-state index in [0.717, 1.165) is 30.8 Å². The van der Waals surface area contributed by atoms with Crippen LogP contribution in [0.15, 0.2) is 24.3 Å². The fourth-order valence-corrected chi connectivity index (χ4v) is 1.81. The van der Waals surface area contributed by atoms with Gasteiger partial charge in [-0.15, -0.1) is 0 Å². The minimum absolute atomic E-state index is 0.115. The van der Waals surface area contributed by atoms with Gasteiger partial charge in [-0.05, 0) is 44.2 Å². The lowest BCUT2D eigenvalue weighted by Gasteiger charge is -2.12. The molecule has 2 N–H and O–H groups in total. The molecule has 0 saturated carbocycles. The molecule has 1 aromatic rings. The predicted octanol–water partition coefficient (Wildman–Crippen LogP) is 1.66. The van der Waals surface area contributed by atoms with Gasteiger partial charge in [0.1, 0.15) is 0 Å². The molecule has 0 amide bonds. The van der Waals surface area contributed by atoms with Crippen molar-refractivity contribution in [1.82, 2.24) is 5.32 Å². The van der Waals surface area contributed by atoms with E-state index in [2.05, 4.69) is 10.6 Å². The van der Waals surface area contributed by atoms with Crippen molar-refractivity contribution in [2.24, 2.45) is 0 Å². The normalized spacial score (nSPS) is 20.2. The molecule has 15 heavy (non-hydrogen) atoms. The summed E-state index contributed by atoms with van der Waals surface area (Å²) in [5, 5.41) is 6.74. The van der Waals surface area contributed by atoms with Crippen LogP contribution < -0.4 is 10.6 Å². The van der Waals surface area contributed by atoms with Crippen molar-refractivity contribution in [3.05, 3.63) is 29.8 Å². The molecule has 1 aliphatic heterocycles. The summed E-state index contributed by atoms with van der Waals surface area (Å²) in [6, 6.07) is 8.19. The molecular weight excluding hydrogens is 188 g/mol. The van der Waals surface area contributed by atoms with Crippen molar-refractivity contribution in [1.29, 1.82) is 0 Å². The number of hydrogen-bond acceptors (Lipinski definition) is 3. The first-order valence-electron chi connectivity index (χ1n) is 5.34. The molecule has 1 aliphatic rings. The van der Waals surface area contributed by atoms with Crippen molar-refractivity contribution >= 4 is 11.5 Å². The third-order valence-electron chi connectivity index (χ3n) is 2.72. The van der Waals surface area contributed by atoms with Gasteiger partial charge in [-0.25, -0.2) is 0 Å². The molecule has 0 radical (unpaired) electrons. The maximum Gasteiger partial charge on any atom is 0.159 e. The molecule has 1 fully saturated rings. The molecule has 1 heterocycles. The highest BCUT2D eigenvalue weighted by atomic mass is 16.1. The number of carbonyl (C=O) groups excluding carboxylic acids is 1. The maximum absolute atomic E-state index is 11.1. The van der Waals surface area contributed by atoms with Crippen LogP contribution >= 0.6 is 0 Å². The van der Waals surface area contributed by atoms with Crippen LogP contribution in [-0.2, 0) is 0 Å². The van der Waals surface area contributed by atoms with E-state index < -0.39 is 0 Å². The van der Waals surface area contributed by atoms with Crippen LogP contribution in [0.1, 0.15) is 23.7 Å². The molecule has 2 rings (SSSR count). The first-order chi connectivity index (χ1) is 7.25. The number of carbonyl (C=O) groups is 1. The minimum atomic E-state index is 0.115. The Morgan fingerprint density at radius 3 is 2.67 bits per heavy atom. The molecule has 1 atom stereocenters. The van der Waals surface area contributed by atoms with Gasteiger partial charge in [-0.2, -0.15) is 0 Å². The Labute approximate surface area is 89.9 Å². The molecule has 1 unspecified atom stereocenters. The Kier molecular flexibility index (Phi) is 3.02. The van der Waals surface area contributed by atoms with Crippen LogP contribution in [0.2, 0.25) is 0 Å². The average molecular weight is 204 g/mol. The lowest BCUT2D eigenvalue weighted by atomic mass is 10.1. The summed E-state index contributed by atoms with van der Waals surface area (Å²) in [4.78, 5) is 11.1. The summed E-state index contributed by atoms with van der Waals surface area (Å²) in [6.45, 7) is 3.70. The van der Waals surface area contributed by atoms with Crippen molar-refractivity contribution in [2.45, 2.75) is 19.4 Å². The van der Waals surface area contributed by atoms with E-state index in [9.17, 15) is 4.79 Å². The molecule has 3 nitrogen and oxygen atoms in total. The van der Waals surface area contributed by atoms with Gasteiger partial charge >= 0.3 is 0 Å². The van der Waals surface area contributed by atoms with E-state index in [1.807, 2.05) is 24.3 Å². The molecule has 0 aromatic heterocycles. The second-order valence-corrected chi connectivity index (χ2v) is 3.97. The molecule has 0 bridgehead atoms. The fraction of sp³-hybridized carbons (Fsp3) is 0.417. The van der Waals surface area contributed by atoms with E-state index in [4.69, 9.17) is 0 Å². The molecule has 80 valence electrons. The Morgan fingerprint density at radius 2 is 2.13 bits per heavy atom. The van der Waals surface area contributed by atoms with Gasteiger partial charge in [-0.3, -0.25) is 4.79 Å². The van der Waals surface area contributed by atoms with Crippen LogP contribution in [0.3, 0.4) is 0 Å². The molecule has 3 heteroatoms. The van der Waals surface area contributed by atoms with Gasteiger partial charge in [0.25, 0.3) is 0 Å². The van der Waals surface area contributed by atoms with Crippen LogP contribution in [0.5, 0.6) is 0 Å².